The maximum Gasteiger partial charge on any atom is 0.327 e. The highest BCUT2D eigenvalue weighted by molar-refractivity contribution is 5.77. The van der Waals surface area contributed by atoms with E-state index >= 15 is 0 Å². The first-order valence-electron chi connectivity index (χ1n) is 12.4. The molecule has 7 nitrogen and oxygen atoms in total. The molecule has 1 heterocycles. The molecular formula is C29H30F2N2O5. The Bertz CT molecular complexity index is 1240. The number of carbonyl (C=O) groups excluding carboxylic acids is 1. The second kappa shape index (κ2) is 12.5. The molecule has 3 atom stereocenters. The van der Waals surface area contributed by atoms with Crippen LogP contribution in [0.2, 0.25) is 0 Å². The molecule has 200 valence electrons. The molecule has 0 aliphatic carbocycles. The molecule has 3 aromatic carbocycles. The third-order valence-electron chi connectivity index (χ3n) is 6.88. The number of methoxy groups -OCH3 is 1. The van der Waals surface area contributed by atoms with Gasteiger partial charge in [-0.1, -0.05) is 42.5 Å². The quantitative estimate of drug-likeness (QED) is 0.359. The lowest BCUT2D eigenvalue weighted by Crippen LogP contribution is -2.59. The Morgan fingerprint density at radius 3 is 2.50 bits per heavy atom. The van der Waals surface area contributed by atoms with Crippen LogP contribution >= 0.6 is 0 Å². The van der Waals surface area contributed by atoms with E-state index in [-0.39, 0.29) is 18.3 Å². The normalized spacial score (nSPS) is 18.4. The third-order valence-corrected chi connectivity index (χ3v) is 6.88. The van der Waals surface area contributed by atoms with Gasteiger partial charge in [0.1, 0.15) is 17.5 Å². The first-order chi connectivity index (χ1) is 18.4. The fourth-order valence-corrected chi connectivity index (χ4v) is 5.09. The van der Waals surface area contributed by atoms with Crippen molar-refractivity contribution in [1.29, 1.82) is 0 Å². The van der Waals surface area contributed by atoms with Gasteiger partial charge in [0.2, 0.25) is 6.41 Å². The number of hydrogen-bond acceptors (Lipinski definition) is 5. The number of hydrogen-bond donors (Lipinski definition) is 2. The average molecular weight is 525 g/mol. The minimum absolute atomic E-state index is 0.160. The number of likely N-dealkylation sites (tertiary alicyclic amines) is 1. The molecule has 38 heavy (non-hydrogen) atoms. The van der Waals surface area contributed by atoms with E-state index in [1.165, 1.54) is 7.11 Å². The SMILES string of the molecule is COc1cc(F)c(F)cc1-c1ccc(OCC2CCCN(Cc3ccccc3)C2C(NC=O)C(=O)O)cc1. The van der Waals surface area contributed by atoms with E-state index in [1.54, 1.807) is 24.3 Å². The number of carbonyl (C=O) groups is 2. The highest BCUT2D eigenvalue weighted by Gasteiger charge is 2.41. The molecular weight excluding hydrogens is 494 g/mol. The highest BCUT2D eigenvalue weighted by atomic mass is 19.2. The van der Waals surface area contributed by atoms with E-state index in [1.807, 2.05) is 30.3 Å². The second-order valence-electron chi connectivity index (χ2n) is 9.25. The number of ether oxygens (including phenoxy) is 2. The summed E-state index contributed by atoms with van der Waals surface area (Å²) < 4.78 is 38.7. The summed E-state index contributed by atoms with van der Waals surface area (Å²) in [6.45, 7) is 1.50. The zero-order valence-corrected chi connectivity index (χ0v) is 21.0. The van der Waals surface area contributed by atoms with Gasteiger partial charge in [-0.25, -0.2) is 13.6 Å². The summed E-state index contributed by atoms with van der Waals surface area (Å²) in [4.78, 5) is 25.5. The monoisotopic (exact) mass is 524 g/mol. The zero-order valence-electron chi connectivity index (χ0n) is 21.0. The third kappa shape index (κ3) is 6.28. The highest BCUT2D eigenvalue weighted by Crippen LogP contribution is 2.34. The lowest BCUT2D eigenvalue weighted by atomic mass is 9.84. The average Bonchev–Trinajstić information content (AvgIpc) is 2.93. The van der Waals surface area contributed by atoms with Crippen LogP contribution in [0.1, 0.15) is 18.4 Å². The van der Waals surface area contributed by atoms with Crippen LogP contribution in [0.5, 0.6) is 11.5 Å². The van der Waals surface area contributed by atoms with Gasteiger partial charge in [0, 0.05) is 30.1 Å². The van der Waals surface area contributed by atoms with Crippen molar-refractivity contribution in [2.24, 2.45) is 5.92 Å². The number of piperidine rings is 1. The molecule has 3 unspecified atom stereocenters. The van der Waals surface area contributed by atoms with Gasteiger partial charge in [0.05, 0.1) is 13.7 Å². The molecule has 1 aliphatic heterocycles. The maximum atomic E-state index is 13.8. The predicted octanol–water partition coefficient (Wildman–Crippen LogP) is 4.50. The summed E-state index contributed by atoms with van der Waals surface area (Å²) in [6.07, 6.45) is 2.03. The lowest BCUT2D eigenvalue weighted by molar-refractivity contribution is -0.144. The Morgan fingerprint density at radius 2 is 1.84 bits per heavy atom. The van der Waals surface area contributed by atoms with E-state index in [0.29, 0.717) is 36.4 Å². The number of amides is 1. The van der Waals surface area contributed by atoms with Gasteiger partial charge in [0.15, 0.2) is 11.6 Å². The molecule has 3 aromatic rings. The van der Waals surface area contributed by atoms with Crippen molar-refractivity contribution < 1.29 is 33.0 Å². The molecule has 1 aliphatic rings. The van der Waals surface area contributed by atoms with Crippen LogP contribution in [0.15, 0.2) is 66.7 Å². The van der Waals surface area contributed by atoms with Gasteiger partial charge >= 0.3 is 5.97 Å². The molecule has 9 heteroatoms. The number of aliphatic carboxylic acids is 1. The van der Waals surface area contributed by atoms with Crippen LogP contribution in [0.3, 0.4) is 0 Å². The van der Waals surface area contributed by atoms with Crippen LogP contribution in [0.4, 0.5) is 8.78 Å². The molecule has 0 saturated carbocycles. The van der Waals surface area contributed by atoms with E-state index in [0.717, 1.165) is 30.5 Å². The van der Waals surface area contributed by atoms with Crippen LogP contribution in [0, 0.1) is 17.6 Å². The topological polar surface area (TPSA) is 88.1 Å². The Hall–Kier alpha value is -3.98. The summed E-state index contributed by atoms with van der Waals surface area (Å²) in [7, 11) is 1.39. The van der Waals surface area contributed by atoms with Crippen LogP contribution in [0.25, 0.3) is 11.1 Å². The minimum atomic E-state index is -1.10. The van der Waals surface area contributed by atoms with Crippen molar-refractivity contribution in [3.8, 4) is 22.6 Å². The second-order valence-corrected chi connectivity index (χ2v) is 9.25. The summed E-state index contributed by atoms with van der Waals surface area (Å²) >= 11 is 0. The first-order valence-corrected chi connectivity index (χ1v) is 12.4. The molecule has 2 N–H and O–H groups in total. The Balaban J connectivity index is 1.52. The molecule has 0 spiro atoms. The van der Waals surface area contributed by atoms with Gasteiger partial charge < -0.3 is 19.9 Å². The lowest BCUT2D eigenvalue weighted by Gasteiger charge is -2.43. The van der Waals surface area contributed by atoms with Gasteiger partial charge in [-0.3, -0.25) is 9.69 Å². The summed E-state index contributed by atoms with van der Waals surface area (Å²) in [5.41, 5.74) is 2.09. The Labute approximate surface area is 220 Å². The fraction of sp³-hybridized carbons (Fsp3) is 0.310. The molecule has 0 bridgehead atoms. The summed E-state index contributed by atoms with van der Waals surface area (Å²) in [5.74, 6) is -2.46. The Morgan fingerprint density at radius 1 is 1.13 bits per heavy atom. The van der Waals surface area contributed by atoms with E-state index in [9.17, 15) is 23.5 Å². The standard InChI is InChI=1S/C29H30F2N2O5/c1-37-26-15-25(31)24(30)14-23(26)20-9-11-22(12-10-20)38-17-21-8-5-13-33(16-19-6-3-2-4-7-19)28(21)27(29(35)36)32-18-34/h2-4,6-7,9-12,14-15,18,21,27-28H,5,8,13,16-17H2,1H3,(H,32,34)(H,35,36). The number of carboxylic acids is 1. The molecule has 4 rings (SSSR count). The summed E-state index contributed by atoms with van der Waals surface area (Å²) in [5, 5.41) is 12.4. The van der Waals surface area contributed by atoms with Crippen molar-refractivity contribution in [2.75, 3.05) is 20.3 Å². The van der Waals surface area contributed by atoms with Crippen LogP contribution in [-0.2, 0) is 16.1 Å². The molecule has 1 fully saturated rings. The zero-order chi connectivity index (χ0) is 27.1. The Kier molecular flexibility index (Phi) is 8.91. The van der Waals surface area contributed by atoms with E-state index in [2.05, 4.69) is 10.2 Å². The fourth-order valence-electron chi connectivity index (χ4n) is 5.09. The van der Waals surface area contributed by atoms with Crippen LogP contribution in [-0.4, -0.2) is 54.7 Å². The molecule has 0 aromatic heterocycles. The number of carboxylic acid groups (broad SMARTS) is 1. The summed E-state index contributed by atoms with van der Waals surface area (Å²) in [6, 6.07) is 17.2. The first kappa shape index (κ1) is 27.1. The van der Waals surface area contributed by atoms with E-state index in [4.69, 9.17) is 9.47 Å². The molecule has 1 saturated heterocycles. The number of nitrogens with zero attached hydrogens (tertiary/aromatic N) is 1. The molecule has 0 radical (unpaired) electrons. The van der Waals surface area contributed by atoms with Gasteiger partial charge in [-0.15, -0.1) is 0 Å². The van der Waals surface area contributed by atoms with Gasteiger partial charge in [0.25, 0.3) is 0 Å². The smallest absolute Gasteiger partial charge is 0.327 e. The number of rotatable bonds is 11. The maximum absolute atomic E-state index is 13.8. The van der Waals surface area contributed by atoms with Crippen molar-refractivity contribution >= 4 is 12.4 Å². The number of nitrogens with one attached hydrogen (secondary N) is 1. The van der Waals surface area contributed by atoms with E-state index < -0.39 is 29.7 Å². The van der Waals surface area contributed by atoms with Crippen molar-refractivity contribution in [3.05, 3.63) is 83.9 Å². The number of halogens is 2. The van der Waals surface area contributed by atoms with Crippen molar-refractivity contribution in [2.45, 2.75) is 31.5 Å². The number of benzene rings is 3. The van der Waals surface area contributed by atoms with Crippen LogP contribution < -0.4 is 14.8 Å². The largest absolute Gasteiger partial charge is 0.496 e. The van der Waals surface area contributed by atoms with Gasteiger partial charge in [-0.05, 0) is 48.7 Å². The van der Waals surface area contributed by atoms with Crippen molar-refractivity contribution in [1.82, 2.24) is 10.2 Å². The minimum Gasteiger partial charge on any atom is -0.496 e. The van der Waals surface area contributed by atoms with Crippen molar-refractivity contribution in [3.63, 3.8) is 0 Å². The molecule has 1 amide bonds. The predicted molar refractivity (Wildman–Crippen MR) is 138 cm³/mol. The van der Waals surface area contributed by atoms with Gasteiger partial charge in [-0.2, -0.15) is 0 Å².